The van der Waals surface area contributed by atoms with Gasteiger partial charge in [0.25, 0.3) is 0 Å². The first kappa shape index (κ1) is 26.4. The van der Waals surface area contributed by atoms with E-state index in [2.05, 4.69) is 25.7 Å². The molecular formula is C26H25F4N7O2. The van der Waals surface area contributed by atoms with Gasteiger partial charge in [-0.1, -0.05) is 12.1 Å². The van der Waals surface area contributed by atoms with Crippen LogP contribution in [0, 0.1) is 5.82 Å². The number of rotatable bonds is 6. The molecule has 2 aromatic carbocycles. The number of carbonyl (C=O) groups is 1. The van der Waals surface area contributed by atoms with E-state index >= 15 is 0 Å². The van der Waals surface area contributed by atoms with Crippen molar-refractivity contribution < 1.29 is 27.5 Å². The molecule has 1 aliphatic heterocycles. The van der Waals surface area contributed by atoms with Crippen molar-refractivity contribution in [1.29, 1.82) is 0 Å². The number of nitrogens with one attached hydrogen (secondary N) is 2. The molecule has 1 saturated heterocycles. The number of nitrogens with two attached hydrogens (primary N) is 1. The van der Waals surface area contributed by atoms with Crippen molar-refractivity contribution in [3.63, 3.8) is 0 Å². The number of alkyl halides is 3. The predicted octanol–water partition coefficient (Wildman–Crippen LogP) is 4.87. The third-order valence-corrected chi connectivity index (χ3v) is 6.70. The molecule has 0 unspecified atom stereocenters. The maximum atomic E-state index is 14.0. The molecular weight excluding hydrogens is 518 g/mol. The number of aliphatic hydroxyl groups excluding tert-OH is 1. The summed E-state index contributed by atoms with van der Waals surface area (Å²) < 4.78 is 54.7. The number of hydrogen-bond donors (Lipinski definition) is 4. The molecule has 2 aromatic heterocycles. The van der Waals surface area contributed by atoms with E-state index in [1.807, 2.05) is 4.40 Å². The Hall–Kier alpha value is -4.23. The zero-order valence-corrected chi connectivity index (χ0v) is 20.6. The molecule has 204 valence electrons. The first-order chi connectivity index (χ1) is 18.7. The number of anilines is 3. The summed E-state index contributed by atoms with van der Waals surface area (Å²) in [5.41, 5.74) is 8.33. The molecule has 0 spiro atoms. The van der Waals surface area contributed by atoms with Crippen molar-refractivity contribution >= 4 is 28.7 Å². The van der Waals surface area contributed by atoms with Crippen molar-refractivity contribution in [1.82, 2.24) is 19.5 Å². The summed E-state index contributed by atoms with van der Waals surface area (Å²) in [6.07, 6.45) is -0.909. The summed E-state index contributed by atoms with van der Waals surface area (Å²) in [7, 11) is 0. The number of halogens is 4. The van der Waals surface area contributed by atoms with Gasteiger partial charge in [0, 0.05) is 29.1 Å². The van der Waals surface area contributed by atoms with Crippen LogP contribution in [0.2, 0.25) is 0 Å². The average molecular weight is 544 g/mol. The number of amides is 2. The van der Waals surface area contributed by atoms with Gasteiger partial charge in [-0.2, -0.15) is 13.2 Å². The van der Waals surface area contributed by atoms with Crippen molar-refractivity contribution in [3.8, 4) is 11.1 Å². The minimum absolute atomic E-state index is 0.194. The van der Waals surface area contributed by atoms with Gasteiger partial charge < -0.3 is 21.5 Å². The summed E-state index contributed by atoms with van der Waals surface area (Å²) in [5, 5.41) is 22.9. The second-order valence-electron chi connectivity index (χ2n) is 9.23. The second kappa shape index (κ2) is 10.5. The first-order valence-electron chi connectivity index (χ1n) is 12.2. The van der Waals surface area contributed by atoms with Crippen LogP contribution >= 0.6 is 0 Å². The highest BCUT2D eigenvalue weighted by atomic mass is 19.4. The fourth-order valence-electron chi connectivity index (χ4n) is 4.86. The Kier molecular flexibility index (Phi) is 7.10. The van der Waals surface area contributed by atoms with Gasteiger partial charge >= 0.3 is 12.2 Å². The number of likely N-dealkylation sites (tertiary alicyclic amines) is 1. The van der Waals surface area contributed by atoms with E-state index in [4.69, 9.17) is 5.73 Å². The zero-order valence-electron chi connectivity index (χ0n) is 20.6. The molecule has 0 bridgehead atoms. The minimum Gasteiger partial charge on any atom is -0.392 e. The summed E-state index contributed by atoms with van der Waals surface area (Å²) >= 11 is 0. The van der Waals surface area contributed by atoms with Crippen molar-refractivity contribution in [2.45, 2.75) is 32.2 Å². The molecule has 3 heterocycles. The summed E-state index contributed by atoms with van der Waals surface area (Å²) in [6.45, 7) is 2.27. The van der Waals surface area contributed by atoms with Gasteiger partial charge in [-0.15, -0.1) is 10.2 Å². The number of urea groups is 1. The van der Waals surface area contributed by atoms with Crippen LogP contribution in [-0.4, -0.2) is 43.7 Å². The van der Waals surface area contributed by atoms with E-state index in [1.165, 1.54) is 0 Å². The third kappa shape index (κ3) is 5.36. The molecule has 1 aliphatic rings. The number of aromatic nitrogens is 3. The number of benzene rings is 2. The second-order valence-corrected chi connectivity index (χ2v) is 9.23. The standard InChI is InChI=1S/C26H25F4N7O2/c27-19-8-5-16(26(28,29)30)11-20(19)34-25(39)33-17-6-3-15(4-7-17)22-18(13-38)21(12-36-9-1-2-10-36)37-14-32-35-24(31)23(22)37/h3-8,11,14,38H,1-2,9-10,12-13H2,(H2,31,35)(H2,33,34,39). The van der Waals surface area contributed by atoms with Crippen LogP contribution in [-0.2, 0) is 19.3 Å². The fraction of sp³-hybridized carbons (Fsp3) is 0.269. The van der Waals surface area contributed by atoms with Crippen LogP contribution in [0.5, 0.6) is 0 Å². The van der Waals surface area contributed by atoms with E-state index in [0.29, 0.717) is 52.6 Å². The molecule has 9 nitrogen and oxygen atoms in total. The van der Waals surface area contributed by atoms with Crippen molar-refractivity contribution in [2.75, 3.05) is 29.5 Å². The highest BCUT2D eigenvalue weighted by Crippen LogP contribution is 2.37. The lowest BCUT2D eigenvalue weighted by molar-refractivity contribution is -0.137. The molecule has 1 fully saturated rings. The molecule has 4 aromatic rings. The SMILES string of the molecule is Nc1nncn2c(CN3CCCC3)c(CO)c(-c3ccc(NC(=O)Nc4cc(C(F)(F)F)ccc4F)cc3)c12. The van der Waals surface area contributed by atoms with Gasteiger partial charge in [0.15, 0.2) is 5.82 Å². The smallest absolute Gasteiger partial charge is 0.392 e. The monoisotopic (exact) mass is 543 g/mol. The number of aliphatic hydroxyl groups is 1. The van der Waals surface area contributed by atoms with E-state index in [1.54, 1.807) is 30.6 Å². The molecule has 39 heavy (non-hydrogen) atoms. The average Bonchev–Trinajstić information content (AvgIpc) is 3.52. The Balaban J connectivity index is 1.41. The highest BCUT2D eigenvalue weighted by Gasteiger charge is 2.31. The summed E-state index contributed by atoms with van der Waals surface area (Å²) in [4.78, 5) is 14.7. The lowest BCUT2D eigenvalue weighted by Crippen LogP contribution is -2.20. The van der Waals surface area contributed by atoms with Gasteiger partial charge in [0.05, 0.1) is 23.4 Å². The van der Waals surface area contributed by atoms with Gasteiger partial charge in [-0.25, -0.2) is 9.18 Å². The first-order valence-corrected chi connectivity index (χ1v) is 12.2. The maximum Gasteiger partial charge on any atom is 0.416 e. The lowest BCUT2D eigenvalue weighted by Gasteiger charge is -2.15. The molecule has 0 saturated carbocycles. The Morgan fingerprint density at radius 1 is 1.08 bits per heavy atom. The molecule has 5 rings (SSSR count). The Labute approximate surface area is 220 Å². The van der Waals surface area contributed by atoms with Crippen LogP contribution < -0.4 is 16.4 Å². The number of fused-ring (bicyclic) bond motifs is 1. The largest absolute Gasteiger partial charge is 0.416 e. The minimum atomic E-state index is -4.68. The molecule has 13 heteroatoms. The Morgan fingerprint density at radius 2 is 1.79 bits per heavy atom. The maximum absolute atomic E-state index is 14.0. The number of carbonyl (C=O) groups excluding carboxylic acids is 1. The molecule has 0 aliphatic carbocycles. The Bertz CT molecular complexity index is 1510. The van der Waals surface area contributed by atoms with Crippen LogP contribution in [0.25, 0.3) is 16.6 Å². The van der Waals surface area contributed by atoms with E-state index in [9.17, 15) is 27.5 Å². The molecule has 0 radical (unpaired) electrons. The van der Waals surface area contributed by atoms with Crippen molar-refractivity contribution in [3.05, 3.63) is 71.4 Å². The number of nitrogen functional groups attached to an aromatic ring is 1. The van der Waals surface area contributed by atoms with Crippen LogP contribution in [0.15, 0.2) is 48.8 Å². The van der Waals surface area contributed by atoms with Crippen LogP contribution in [0.4, 0.5) is 39.5 Å². The van der Waals surface area contributed by atoms with Crippen LogP contribution in [0.1, 0.15) is 29.7 Å². The molecule has 0 atom stereocenters. The number of hydrogen-bond acceptors (Lipinski definition) is 6. The quantitative estimate of drug-likeness (QED) is 0.258. The Morgan fingerprint density at radius 3 is 2.46 bits per heavy atom. The lowest BCUT2D eigenvalue weighted by atomic mass is 10.0. The predicted molar refractivity (Wildman–Crippen MR) is 137 cm³/mol. The van der Waals surface area contributed by atoms with Crippen molar-refractivity contribution in [2.24, 2.45) is 0 Å². The normalized spacial score (nSPS) is 14.2. The topological polar surface area (TPSA) is 121 Å². The zero-order chi connectivity index (χ0) is 27.7. The van der Waals surface area contributed by atoms with E-state index in [0.717, 1.165) is 31.6 Å². The van der Waals surface area contributed by atoms with Gasteiger partial charge in [0.2, 0.25) is 0 Å². The highest BCUT2D eigenvalue weighted by molar-refractivity contribution is 6.00. The van der Waals surface area contributed by atoms with Gasteiger partial charge in [0.1, 0.15) is 12.1 Å². The number of nitrogens with zero attached hydrogens (tertiary/aromatic N) is 4. The summed E-state index contributed by atoms with van der Waals surface area (Å²) in [5.74, 6) is -0.810. The van der Waals surface area contributed by atoms with Gasteiger partial charge in [-0.05, 0) is 61.8 Å². The molecule has 2 amide bonds. The summed E-state index contributed by atoms with van der Waals surface area (Å²) in [6, 6.07) is 7.40. The third-order valence-electron chi connectivity index (χ3n) is 6.70. The van der Waals surface area contributed by atoms with Gasteiger partial charge in [-0.3, -0.25) is 9.30 Å². The molecule has 5 N–H and O–H groups in total. The van der Waals surface area contributed by atoms with E-state index in [-0.39, 0.29) is 12.4 Å². The van der Waals surface area contributed by atoms with Crippen LogP contribution in [0.3, 0.4) is 0 Å². The fourth-order valence-corrected chi connectivity index (χ4v) is 4.86. The van der Waals surface area contributed by atoms with E-state index < -0.39 is 29.3 Å².